The van der Waals surface area contributed by atoms with Crippen LogP contribution in [-0.4, -0.2) is 52.3 Å². The summed E-state index contributed by atoms with van der Waals surface area (Å²) in [5.41, 5.74) is 1.12. The number of hydrogen-bond donors (Lipinski definition) is 2. The highest BCUT2D eigenvalue weighted by Gasteiger charge is 2.22. The minimum Gasteiger partial charge on any atom is -0.352 e. The number of rotatable bonds is 4. The van der Waals surface area contributed by atoms with E-state index < -0.39 is 11.6 Å². The molecule has 10 heteroatoms. The Balaban J connectivity index is 1.31. The van der Waals surface area contributed by atoms with Crippen LogP contribution in [0.25, 0.3) is 0 Å². The fraction of sp³-hybridized carbons (Fsp3) is 0.238. The Morgan fingerprint density at radius 3 is 2.42 bits per heavy atom. The second kappa shape index (κ2) is 8.90. The SMILES string of the molecule is Cc1cccc(Nc2ccc(N3CCN(C(=O)Nc4ccc(F)c(F)c4)CC3)nn2)n1. The Morgan fingerprint density at radius 2 is 1.74 bits per heavy atom. The van der Waals surface area contributed by atoms with E-state index in [0.717, 1.165) is 17.8 Å². The van der Waals surface area contributed by atoms with Crippen molar-refractivity contribution in [1.82, 2.24) is 20.1 Å². The highest BCUT2D eigenvalue weighted by molar-refractivity contribution is 5.89. The first kappa shape index (κ1) is 20.5. The minimum absolute atomic E-state index is 0.211. The van der Waals surface area contributed by atoms with Crippen molar-refractivity contribution in [3.8, 4) is 0 Å². The third-order valence-electron chi connectivity index (χ3n) is 4.86. The monoisotopic (exact) mass is 425 g/mol. The summed E-state index contributed by atoms with van der Waals surface area (Å²) in [6, 6.07) is 12.3. The largest absolute Gasteiger partial charge is 0.352 e. The van der Waals surface area contributed by atoms with E-state index in [1.807, 2.05) is 42.2 Å². The number of nitrogens with one attached hydrogen (secondary N) is 2. The number of amides is 2. The van der Waals surface area contributed by atoms with Gasteiger partial charge in [0.25, 0.3) is 0 Å². The summed E-state index contributed by atoms with van der Waals surface area (Å²) in [6.07, 6.45) is 0. The number of nitrogens with zero attached hydrogens (tertiary/aromatic N) is 5. The standard InChI is InChI=1S/C21H21F2N7O/c1-14-3-2-4-18(24-14)26-19-7-8-20(28-27-19)29-9-11-30(12-10-29)21(31)25-15-5-6-16(22)17(23)13-15/h2-8,13H,9-12H2,1H3,(H,25,31)(H,24,26,27). The van der Waals surface area contributed by atoms with E-state index in [1.54, 1.807) is 4.90 Å². The van der Waals surface area contributed by atoms with Crippen molar-refractivity contribution in [3.63, 3.8) is 0 Å². The molecule has 0 atom stereocenters. The van der Waals surface area contributed by atoms with E-state index in [1.165, 1.54) is 6.07 Å². The number of carbonyl (C=O) groups is 1. The number of pyridine rings is 1. The maximum Gasteiger partial charge on any atom is 0.321 e. The average molecular weight is 425 g/mol. The fourth-order valence-electron chi connectivity index (χ4n) is 3.22. The Bertz CT molecular complexity index is 1070. The van der Waals surface area contributed by atoms with E-state index in [4.69, 9.17) is 0 Å². The third-order valence-corrected chi connectivity index (χ3v) is 4.86. The zero-order valence-electron chi connectivity index (χ0n) is 16.8. The van der Waals surface area contributed by atoms with Gasteiger partial charge in [0.1, 0.15) is 5.82 Å². The number of hydrogen-bond acceptors (Lipinski definition) is 6. The quantitative estimate of drug-likeness (QED) is 0.665. The summed E-state index contributed by atoms with van der Waals surface area (Å²) < 4.78 is 26.3. The molecule has 3 aromatic rings. The van der Waals surface area contributed by atoms with Crippen LogP contribution in [-0.2, 0) is 0 Å². The van der Waals surface area contributed by atoms with E-state index in [2.05, 4.69) is 25.8 Å². The summed E-state index contributed by atoms with van der Waals surface area (Å²) in [5.74, 6) is 0.0407. The molecule has 0 aliphatic carbocycles. The zero-order valence-corrected chi connectivity index (χ0v) is 16.8. The average Bonchev–Trinajstić information content (AvgIpc) is 2.77. The summed E-state index contributed by atoms with van der Waals surface area (Å²) >= 11 is 0. The summed E-state index contributed by atoms with van der Waals surface area (Å²) in [5, 5.41) is 14.2. The molecule has 2 aromatic heterocycles. The molecule has 4 rings (SSSR count). The molecule has 1 saturated heterocycles. The highest BCUT2D eigenvalue weighted by atomic mass is 19.2. The van der Waals surface area contributed by atoms with Crippen molar-refractivity contribution in [2.45, 2.75) is 6.92 Å². The molecule has 1 aromatic carbocycles. The lowest BCUT2D eigenvalue weighted by Crippen LogP contribution is -2.50. The van der Waals surface area contributed by atoms with Crippen molar-refractivity contribution in [2.24, 2.45) is 0 Å². The highest BCUT2D eigenvalue weighted by Crippen LogP contribution is 2.18. The summed E-state index contributed by atoms with van der Waals surface area (Å²) in [4.78, 5) is 20.4. The third kappa shape index (κ3) is 5.03. The number of benzene rings is 1. The molecule has 3 heterocycles. The molecule has 0 unspecified atom stereocenters. The molecule has 1 aliphatic rings. The van der Waals surface area contributed by atoms with Crippen LogP contribution in [0.15, 0.2) is 48.5 Å². The van der Waals surface area contributed by atoms with E-state index in [9.17, 15) is 13.6 Å². The lowest BCUT2D eigenvalue weighted by atomic mass is 10.3. The van der Waals surface area contributed by atoms with Crippen molar-refractivity contribution in [1.29, 1.82) is 0 Å². The number of anilines is 4. The molecule has 1 aliphatic heterocycles. The van der Waals surface area contributed by atoms with Gasteiger partial charge in [-0.3, -0.25) is 0 Å². The molecule has 0 bridgehead atoms. The first-order valence-corrected chi connectivity index (χ1v) is 9.78. The van der Waals surface area contributed by atoms with Gasteiger partial charge in [-0.1, -0.05) is 6.07 Å². The molecule has 160 valence electrons. The molecular formula is C21H21F2N7O. The van der Waals surface area contributed by atoms with Gasteiger partial charge >= 0.3 is 6.03 Å². The minimum atomic E-state index is -1.00. The van der Waals surface area contributed by atoms with Crippen LogP contribution in [0.3, 0.4) is 0 Å². The first-order valence-electron chi connectivity index (χ1n) is 9.78. The summed E-state index contributed by atoms with van der Waals surface area (Å²) in [7, 11) is 0. The van der Waals surface area contributed by atoms with Crippen LogP contribution in [0.4, 0.5) is 36.7 Å². The Labute approximate surface area is 177 Å². The molecule has 0 spiro atoms. The number of aromatic nitrogens is 3. The summed E-state index contributed by atoms with van der Waals surface area (Å²) in [6.45, 7) is 3.99. The zero-order chi connectivity index (χ0) is 21.8. The predicted octanol–water partition coefficient (Wildman–Crippen LogP) is 3.56. The van der Waals surface area contributed by atoms with Crippen LogP contribution in [0.2, 0.25) is 0 Å². The molecule has 1 fully saturated rings. The molecule has 0 saturated carbocycles. The van der Waals surface area contributed by atoms with Crippen molar-refractivity contribution in [2.75, 3.05) is 41.7 Å². The number of urea groups is 1. The van der Waals surface area contributed by atoms with E-state index in [0.29, 0.717) is 43.6 Å². The van der Waals surface area contributed by atoms with Crippen molar-refractivity contribution < 1.29 is 13.6 Å². The van der Waals surface area contributed by atoms with Gasteiger partial charge in [-0.05, 0) is 43.3 Å². The van der Waals surface area contributed by atoms with Gasteiger partial charge in [0.2, 0.25) is 0 Å². The molecule has 0 radical (unpaired) electrons. The lowest BCUT2D eigenvalue weighted by molar-refractivity contribution is 0.208. The fourth-order valence-corrected chi connectivity index (χ4v) is 3.22. The molecule has 8 nitrogen and oxygen atoms in total. The molecule has 2 amide bonds. The Kier molecular flexibility index (Phi) is 5.87. The van der Waals surface area contributed by atoms with Gasteiger partial charge in [0.15, 0.2) is 23.3 Å². The molecular weight excluding hydrogens is 404 g/mol. The van der Waals surface area contributed by atoms with E-state index in [-0.39, 0.29) is 11.7 Å². The number of halogens is 2. The molecule has 31 heavy (non-hydrogen) atoms. The van der Waals surface area contributed by atoms with Gasteiger partial charge in [0, 0.05) is 43.6 Å². The topological polar surface area (TPSA) is 86.3 Å². The normalized spacial score (nSPS) is 13.8. The molecule has 2 N–H and O–H groups in total. The smallest absolute Gasteiger partial charge is 0.321 e. The van der Waals surface area contributed by atoms with Gasteiger partial charge in [-0.25, -0.2) is 18.6 Å². The van der Waals surface area contributed by atoms with Crippen LogP contribution >= 0.6 is 0 Å². The second-order valence-corrected chi connectivity index (χ2v) is 7.10. The van der Waals surface area contributed by atoms with Gasteiger partial charge in [0.05, 0.1) is 0 Å². The Hall–Kier alpha value is -3.82. The number of aryl methyl sites for hydroxylation is 1. The lowest BCUT2D eigenvalue weighted by Gasteiger charge is -2.35. The van der Waals surface area contributed by atoms with Gasteiger partial charge < -0.3 is 20.4 Å². The van der Waals surface area contributed by atoms with Crippen LogP contribution in [0, 0.1) is 18.6 Å². The van der Waals surface area contributed by atoms with Crippen molar-refractivity contribution >= 4 is 29.2 Å². The Morgan fingerprint density at radius 1 is 0.935 bits per heavy atom. The second-order valence-electron chi connectivity index (χ2n) is 7.10. The predicted molar refractivity (Wildman–Crippen MR) is 113 cm³/mol. The maximum absolute atomic E-state index is 13.3. The first-order chi connectivity index (χ1) is 15.0. The van der Waals surface area contributed by atoms with Crippen LogP contribution in [0.5, 0.6) is 0 Å². The van der Waals surface area contributed by atoms with E-state index >= 15 is 0 Å². The van der Waals surface area contributed by atoms with Crippen LogP contribution in [0.1, 0.15) is 5.69 Å². The van der Waals surface area contributed by atoms with Gasteiger partial charge in [-0.2, -0.15) is 0 Å². The van der Waals surface area contributed by atoms with Crippen molar-refractivity contribution in [3.05, 3.63) is 65.9 Å². The maximum atomic E-state index is 13.3. The number of carbonyl (C=O) groups excluding carboxylic acids is 1. The number of piperazine rings is 1. The van der Waals surface area contributed by atoms with Crippen LogP contribution < -0.4 is 15.5 Å². The van der Waals surface area contributed by atoms with Gasteiger partial charge in [-0.15, -0.1) is 10.2 Å².